The van der Waals surface area contributed by atoms with Crippen LogP contribution in [0.25, 0.3) is 0 Å². The monoisotopic (exact) mass is 371 g/mol. The zero-order valence-corrected chi connectivity index (χ0v) is 13.9. The van der Waals surface area contributed by atoms with Crippen molar-refractivity contribution in [1.29, 1.82) is 0 Å². The molecule has 126 valence electrons. The first kappa shape index (κ1) is 18.0. The molecule has 2 N–H and O–H groups in total. The predicted octanol–water partition coefficient (Wildman–Crippen LogP) is 4.02. The molecular weight excluding hydrogens is 360 g/mol. The highest BCUT2D eigenvalue weighted by molar-refractivity contribution is 6.33. The number of phenolic OH excluding ortho intramolecular Hbond substituents is 1. The Labute approximate surface area is 147 Å². The number of anilines is 1. The first-order valence-electron chi connectivity index (χ1n) is 6.73. The molecule has 0 bridgehead atoms. The molecular formula is C16H12Cl2FNO4. The predicted molar refractivity (Wildman–Crippen MR) is 88.0 cm³/mol. The van der Waals surface area contributed by atoms with Crippen molar-refractivity contribution in [2.75, 3.05) is 5.32 Å². The Morgan fingerprint density at radius 2 is 1.92 bits per heavy atom. The number of halogens is 3. The molecule has 5 nitrogen and oxygen atoms in total. The van der Waals surface area contributed by atoms with Crippen LogP contribution in [0.15, 0.2) is 36.4 Å². The minimum absolute atomic E-state index is 0.0113. The van der Waals surface area contributed by atoms with Gasteiger partial charge in [-0.1, -0.05) is 23.2 Å². The van der Waals surface area contributed by atoms with Gasteiger partial charge in [-0.05, 0) is 43.3 Å². The number of phenols is 1. The number of rotatable bonds is 4. The maximum atomic E-state index is 13.0. The number of hydrogen-bond donors (Lipinski definition) is 2. The minimum Gasteiger partial charge on any atom is -0.507 e. The smallest absolute Gasteiger partial charge is 0.342 e. The molecule has 0 spiro atoms. The Kier molecular flexibility index (Phi) is 5.64. The molecule has 1 unspecified atom stereocenters. The summed E-state index contributed by atoms with van der Waals surface area (Å²) >= 11 is 11.5. The molecule has 1 amide bonds. The van der Waals surface area contributed by atoms with Gasteiger partial charge >= 0.3 is 5.97 Å². The zero-order chi connectivity index (χ0) is 17.9. The van der Waals surface area contributed by atoms with E-state index in [-0.39, 0.29) is 27.0 Å². The van der Waals surface area contributed by atoms with E-state index in [0.29, 0.717) is 0 Å². The fourth-order valence-electron chi connectivity index (χ4n) is 1.78. The number of benzene rings is 2. The third-order valence-corrected chi connectivity index (χ3v) is 3.57. The summed E-state index contributed by atoms with van der Waals surface area (Å²) in [5.74, 6) is -2.46. The van der Waals surface area contributed by atoms with E-state index in [9.17, 15) is 19.1 Å². The summed E-state index contributed by atoms with van der Waals surface area (Å²) in [6.07, 6.45) is -1.17. The van der Waals surface area contributed by atoms with Gasteiger partial charge in [-0.2, -0.15) is 0 Å². The van der Waals surface area contributed by atoms with Gasteiger partial charge in [0.25, 0.3) is 5.91 Å². The molecule has 0 fully saturated rings. The Bertz CT molecular complexity index is 798. The quantitative estimate of drug-likeness (QED) is 0.795. The van der Waals surface area contributed by atoms with Crippen LogP contribution in [0.4, 0.5) is 10.1 Å². The van der Waals surface area contributed by atoms with Gasteiger partial charge < -0.3 is 15.2 Å². The van der Waals surface area contributed by atoms with Gasteiger partial charge in [-0.25, -0.2) is 9.18 Å². The summed E-state index contributed by atoms with van der Waals surface area (Å²) in [4.78, 5) is 24.0. The second kappa shape index (κ2) is 7.51. The van der Waals surface area contributed by atoms with Crippen molar-refractivity contribution < 1.29 is 23.8 Å². The van der Waals surface area contributed by atoms with Crippen molar-refractivity contribution in [2.45, 2.75) is 13.0 Å². The lowest BCUT2D eigenvalue weighted by atomic mass is 10.2. The molecule has 0 aromatic heterocycles. The highest BCUT2D eigenvalue weighted by atomic mass is 35.5. The third kappa shape index (κ3) is 4.37. The van der Waals surface area contributed by atoms with E-state index in [1.165, 1.54) is 31.2 Å². The average molecular weight is 372 g/mol. The standard InChI is InChI=1S/C16H12Cl2FNO4/c1-8(15(22)20-13-5-3-10(19)7-12(13)18)24-16(23)11-4-2-9(17)6-14(11)21/h2-8,21H,1H3,(H,20,22). The Hall–Kier alpha value is -2.31. The number of carbonyl (C=O) groups excluding carboxylic acids is 2. The van der Waals surface area contributed by atoms with E-state index in [4.69, 9.17) is 27.9 Å². The van der Waals surface area contributed by atoms with Crippen molar-refractivity contribution in [2.24, 2.45) is 0 Å². The molecule has 2 aromatic carbocycles. The number of carbonyl (C=O) groups is 2. The minimum atomic E-state index is -1.17. The maximum Gasteiger partial charge on any atom is 0.342 e. The van der Waals surface area contributed by atoms with Crippen molar-refractivity contribution in [3.05, 3.63) is 57.8 Å². The molecule has 1 atom stereocenters. The summed E-state index contributed by atoms with van der Waals surface area (Å²) in [6, 6.07) is 7.32. The van der Waals surface area contributed by atoms with Crippen LogP contribution in [0.5, 0.6) is 5.75 Å². The van der Waals surface area contributed by atoms with Gasteiger partial charge in [-0.15, -0.1) is 0 Å². The van der Waals surface area contributed by atoms with Gasteiger partial charge in [0.15, 0.2) is 6.10 Å². The topological polar surface area (TPSA) is 75.6 Å². The van der Waals surface area contributed by atoms with Crippen molar-refractivity contribution >= 4 is 40.8 Å². The van der Waals surface area contributed by atoms with Gasteiger partial charge in [0.05, 0.1) is 10.7 Å². The summed E-state index contributed by atoms with van der Waals surface area (Å²) in [5.41, 5.74) is 0.0548. The molecule has 0 aliphatic rings. The third-order valence-electron chi connectivity index (χ3n) is 3.02. The molecule has 2 aromatic rings. The van der Waals surface area contributed by atoms with E-state index in [1.54, 1.807) is 0 Å². The second-order valence-corrected chi connectivity index (χ2v) is 5.67. The number of aromatic hydroxyl groups is 1. The van der Waals surface area contributed by atoms with E-state index in [0.717, 1.165) is 12.1 Å². The van der Waals surface area contributed by atoms with Crippen molar-refractivity contribution in [1.82, 2.24) is 0 Å². The fraction of sp³-hybridized carbons (Fsp3) is 0.125. The first-order chi connectivity index (χ1) is 11.3. The van der Waals surface area contributed by atoms with E-state index in [1.807, 2.05) is 0 Å². The lowest BCUT2D eigenvalue weighted by Crippen LogP contribution is -2.30. The van der Waals surface area contributed by atoms with Gasteiger partial charge in [0, 0.05) is 5.02 Å². The van der Waals surface area contributed by atoms with Gasteiger partial charge in [-0.3, -0.25) is 4.79 Å². The van der Waals surface area contributed by atoms with Gasteiger partial charge in [0.2, 0.25) is 0 Å². The van der Waals surface area contributed by atoms with Crippen LogP contribution in [-0.2, 0) is 9.53 Å². The van der Waals surface area contributed by atoms with Crippen LogP contribution in [0.3, 0.4) is 0 Å². The second-order valence-electron chi connectivity index (χ2n) is 4.82. The maximum absolute atomic E-state index is 13.0. The Morgan fingerprint density at radius 3 is 2.54 bits per heavy atom. The van der Waals surface area contributed by atoms with E-state index in [2.05, 4.69) is 5.32 Å². The molecule has 0 aliphatic heterocycles. The Balaban J connectivity index is 2.04. The summed E-state index contributed by atoms with van der Waals surface area (Å²) in [7, 11) is 0. The lowest BCUT2D eigenvalue weighted by Gasteiger charge is -2.14. The van der Waals surface area contributed by atoms with Gasteiger partial charge in [0.1, 0.15) is 17.1 Å². The first-order valence-corrected chi connectivity index (χ1v) is 7.49. The van der Waals surface area contributed by atoms with Crippen LogP contribution in [-0.4, -0.2) is 23.1 Å². The number of ether oxygens (including phenoxy) is 1. The highest BCUT2D eigenvalue weighted by Crippen LogP contribution is 2.24. The van der Waals surface area contributed by atoms with Crippen LogP contribution < -0.4 is 5.32 Å². The van der Waals surface area contributed by atoms with Crippen molar-refractivity contribution in [3.63, 3.8) is 0 Å². The van der Waals surface area contributed by atoms with Crippen LogP contribution in [0.2, 0.25) is 10.0 Å². The molecule has 0 saturated carbocycles. The number of amides is 1. The fourth-order valence-corrected chi connectivity index (χ4v) is 2.16. The molecule has 0 heterocycles. The number of hydrogen-bond acceptors (Lipinski definition) is 4. The van der Waals surface area contributed by atoms with Crippen LogP contribution in [0, 0.1) is 5.82 Å². The molecule has 0 aliphatic carbocycles. The zero-order valence-electron chi connectivity index (χ0n) is 12.3. The molecule has 0 saturated heterocycles. The number of nitrogens with one attached hydrogen (secondary N) is 1. The SMILES string of the molecule is CC(OC(=O)c1ccc(Cl)cc1O)C(=O)Nc1ccc(F)cc1Cl. The van der Waals surface area contributed by atoms with Crippen LogP contribution in [0.1, 0.15) is 17.3 Å². The number of esters is 1. The summed E-state index contributed by atoms with van der Waals surface area (Å²) < 4.78 is 18.0. The largest absolute Gasteiger partial charge is 0.507 e. The molecule has 8 heteroatoms. The van der Waals surface area contributed by atoms with E-state index < -0.39 is 23.8 Å². The van der Waals surface area contributed by atoms with E-state index >= 15 is 0 Å². The molecule has 24 heavy (non-hydrogen) atoms. The molecule has 2 rings (SSSR count). The highest BCUT2D eigenvalue weighted by Gasteiger charge is 2.21. The average Bonchev–Trinajstić information content (AvgIpc) is 2.49. The lowest BCUT2D eigenvalue weighted by molar-refractivity contribution is -0.123. The van der Waals surface area contributed by atoms with Crippen molar-refractivity contribution in [3.8, 4) is 5.75 Å². The molecule has 0 radical (unpaired) electrons. The summed E-state index contributed by atoms with van der Waals surface area (Å²) in [5, 5.41) is 12.4. The Morgan fingerprint density at radius 1 is 1.21 bits per heavy atom. The summed E-state index contributed by atoms with van der Waals surface area (Å²) in [6.45, 7) is 1.34. The van der Waals surface area contributed by atoms with Crippen LogP contribution >= 0.6 is 23.2 Å². The normalized spacial score (nSPS) is 11.7.